The molecule has 0 radical (unpaired) electrons. The van der Waals surface area contributed by atoms with Crippen LogP contribution >= 0.6 is 11.6 Å². The summed E-state index contributed by atoms with van der Waals surface area (Å²) in [6.07, 6.45) is 0.527. The molecule has 0 aliphatic carbocycles. The van der Waals surface area contributed by atoms with E-state index < -0.39 is 21.9 Å². The van der Waals surface area contributed by atoms with Crippen LogP contribution in [0, 0.1) is 5.82 Å². The van der Waals surface area contributed by atoms with E-state index >= 15 is 0 Å². The molecule has 190 valence electrons. The SMILES string of the molecule is CCN(CCN(C)c1cccc(Cl)c1)S(=O)(=O)c1ccc2c(c1)CCN2C(=O)Nc1cccc(F)c1. The van der Waals surface area contributed by atoms with Gasteiger partial charge >= 0.3 is 6.03 Å². The molecule has 4 rings (SSSR count). The van der Waals surface area contributed by atoms with Gasteiger partial charge < -0.3 is 10.2 Å². The van der Waals surface area contributed by atoms with Crippen LogP contribution in [0.15, 0.2) is 71.6 Å². The largest absolute Gasteiger partial charge is 0.373 e. The molecule has 10 heteroatoms. The molecule has 2 amide bonds. The third kappa shape index (κ3) is 5.64. The lowest BCUT2D eigenvalue weighted by Gasteiger charge is -2.26. The highest BCUT2D eigenvalue weighted by Gasteiger charge is 2.29. The fraction of sp³-hybridized carbons (Fsp3) is 0.269. The van der Waals surface area contributed by atoms with Gasteiger partial charge in [-0.05, 0) is 66.6 Å². The van der Waals surface area contributed by atoms with Crippen LogP contribution in [0.5, 0.6) is 0 Å². The zero-order chi connectivity index (χ0) is 25.9. The number of halogens is 2. The van der Waals surface area contributed by atoms with Gasteiger partial charge in [-0.2, -0.15) is 4.31 Å². The first-order valence-electron chi connectivity index (χ1n) is 11.6. The maximum Gasteiger partial charge on any atom is 0.326 e. The van der Waals surface area contributed by atoms with E-state index in [0.29, 0.717) is 49.0 Å². The monoisotopic (exact) mass is 530 g/mol. The second-order valence-corrected chi connectivity index (χ2v) is 10.9. The van der Waals surface area contributed by atoms with E-state index in [1.165, 1.54) is 33.5 Å². The van der Waals surface area contributed by atoms with Gasteiger partial charge in [-0.1, -0.05) is 30.7 Å². The van der Waals surface area contributed by atoms with Crippen molar-refractivity contribution in [2.24, 2.45) is 0 Å². The van der Waals surface area contributed by atoms with Gasteiger partial charge in [0.2, 0.25) is 10.0 Å². The van der Waals surface area contributed by atoms with Crippen molar-refractivity contribution in [2.75, 3.05) is 48.3 Å². The van der Waals surface area contributed by atoms with E-state index in [2.05, 4.69) is 5.32 Å². The average Bonchev–Trinajstić information content (AvgIpc) is 3.28. The lowest BCUT2D eigenvalue weighted by atomic mass is 10.2. The number of benzene rings is 3. The second kappa shape index (κ2) is 10.9. The van der Waals surface area contributed by atoms with Crippen molar-refractivity contribution in [2.45, 2.75) is 18.2 Å². The number of carbonyl (C=O) groups excluding carboxylic acids is 1. The molecule has 36 heavy (non-hydrogen) atoms. The number of urea groups is 1. The van der Waals surface area contributed by atoms with Gasteiger partial charge in [0.1, 0.15) is 5.82 Å². The minimum Gasteiger partial charge on any atom is -0.373 e. The highest BCUT2D eigenvalue weighted by atomic mass is 35.5. The molecular weight excluding hydrogens is 503 g/mol. The molecule has 1 heterocycles. The highest BCUT2D eigenvalue weighted by Crippen LogP contribution is 2.32. The number of hydrogen-bond acceptors (Lipinski definition) is 4. The summed E-state index contributed by atoms with van der Waals surface area (Å²) in [5.74, 6) is -0.441. The van der Waals surface area contributed by atoms with Gasteiger partial charge in [-0.3, -0.25) is 4.90 Å². The van der Waals surface area contributed by atoms with Crippen molar-refractivity contribution >= 4 is 44.7 Å². The number of carbonyl (C=O) groups is 1. The average molecular weight is 531 g/mol. The van der Waals surface area contributed by atoms with Crippen LogP contribution in [0.2, 0.25) is 5.02 Å². The quantitative estimate of drug-likeness (QED) is 0.433. The van der Waals surface area contributed by atoms with Crippen LogP contribution < -0.4 is 15.1 Å². The van der Waals surface area contributed by atoms with E-state index in [9.17, 15) is 17.6 Å². The summed E-state index contributed by atoms with van der Waals surface area (Å²) in [7, 11) is -1.84. The first-order valence-corrected chi connectivity index (χ1v) is 13.4. The van der Waals surface area contributed by atoms with Crippen molar-refractivity contribution in [1.82, 2.24) is 4.31 Å². The molecule has 3 aromatic carbocycles. The van der Waals surface area contributed by atoms with E-state index in [1.54, 1.807) is 24.3 Å². The summed E-state index contributed by atoms with van der Waals surface area (Å²) < 4.78 is 41.7. The van der Waals surface area contributed by atoms with Crippen LogP contribution in [-0.2, 0) is 16.4 Å². The third-order valence-electron chi connectivity index (χ3n) is 6.19. The number of nitrogens with one attached hydrogen (secondary N) is 1. The molecule has 1 aliphatic rings. The number of likely N-dealkylation sites (N-methyl/N-ethyl adjacent to an activating group) is 2. The van der Waals surface area contributed by atoms with Crippen LogP contribution in [-0.4, -0.2) is 52.0 Å². The van der Waals surface area contributed by atoms with Crippen molar-refractivity contribution in [1.29, 1.82) is 0 Å². The van der Waals surface area contributed by atoms with Gasteiger partial charge in [0.25, 0.3) is 0 Å². The molecule has 0 aromatic heterocycles. The summed E-state index contributed by atoms with van der Waals surface area (Å²) in [5.41, 5.74) is 2.68. The molecule has 3 aromatic rings. The van der Waals surface area contributed by atoms with E-state index in [1.807, 2.05) is 37.1 Å². The molecular formula is C26H28ClFN4O3S. The lowest BCUT2D eigenvalue weighted by Crippen LogP contribution is -2.37. The number of amides is 2. The fourth-order valence-electron chi connectivity index (χ4n) is 4.21. The Bertz CT molecular complexity index is 1370. The second-order valence-electron chi connectivity index (χ2n) is 8.53. The van der Waals surface area contributed by atoms with Gasteiger partial charge in [0, 0.05) is 55.3 Å². The smallest absolute Gasteiger partial charge is 0.326 e. The molecule has 0 saturated heterocycles. The number of anilines is 3. The molecule has 0 fully saturated rings. The topological polar surface area (TPSA) is 73.0 Å². The molecule has 0 spiro atoms. The van der Waals surface area contributed by atoms with Gasteiger partial charge in [0.15, 0.2) is 0 Å². The standard InChI is InChI=1S/C26H28ClFN4O3S/c1-3-31(15-14-30(2)23-9-4-6-20(27)17-23)36(34,35)24-10-11-25-19(16-24)12-13-32(25)26(33)29-22-8-5-7-21(28)18-22/h4-11,16-18H,3,12-15H2,1-2H3,(H,29,33). The Morgan fingerprint density at radius 2 is 1.86 bits per heavy atom. The zero-order valence-electron chi connectivity index (χ0n) is 20.1. The number of nitrogens with zero attached hydrogens (tertiary/aromatic N) is 3. The Morgan fingerprint density at radius 3 is 2.58 bits per heavy atom. The lowest BCUT2D eigenvalue weighted by molar-refractivity contribution is 0.257. The Labute approximate surface area is 216 Å². The molecule has 7 nitrogen and oxygen atoms in total. The summed E-state index contributed by atoms with van der Waals surface area (Å²) in [4.78, 5) is 16.5. The Balaban J connectivity index is 1.46. The van der Waals surface area contributed by atoms with Crippen LogP contribution in [0.4, 0.5) is 26.2 Å². The highest BCUT2D eigenvalue weighted by molar-refractivity contribution is 7.89. The molecule has 1 N–H and O–H groups in total. The maximum atomic E-state index is 13.5. The zero-order valence-corrected chi connectivity index (χ0v) is 21.7. The first kappa shape index (κ1) is 25.9. The van der Waals surface area contributed by atoms with Gasteiger partial charge in [0.05, 0.1) is 4.90 Å². The van der Waals surface area contributed by atoms with Crippen molar-refractivity contribution in [3.05, 3.63) is 83.1 Å². The van der Waals surface area contributed by atoms with Crippen molar-refractivity contribution in [3.63, 3.8) is 0 Å². The first-order chi connectivity index (χ1) is 17.2. The van der Waals surface area contributed by atoms with E-state index in [-0.39, 0.29) is 4.90 Å². The predicted octanol–water partition coefficient (Wildman–Crippen LogP) is 5.22. The number of sulfonamides is 1. The third-order valence-corrected chi connectivity index (χ3v) is 8.40. The fourth-order valence-corrected chi connectivity index (χ4v) is 5.88. The molecule has 0 saturated carbocycles. The Kier molecular flexibility index (Phi) is 7.82. The summed E-state index contributed by atoms with van der Waals surface area (Å²) in [6.45, 7) is 3.34. The van der Waals surface area contributed by atoms with Gasteiger partial charge in [-0.15, -0.1) is 0 Å². The molecule has 0 bridgehead atoms. The van der Waals surface area contributed by atoms with Crippen molar-refractivity contribution in [3.8, 4) is 0 Å². The summed E-state index contributed by atoms with van der Waals surface area (Å²) in [5, 5.41) is 3.31. The number of rotatable bonds is 8. The molecule has 0 unspecified atom stereocenters. The number of hydrogen-bond donors (Lipinski definition) is 1. The van der Waals surface area contributed by atoms with Crippen LogP contribution in [0.1, 0.15) is 12.5 Å². The maximum absolute atomic E-state index is 13.5. The van der Waals surface area contributed by atoms with Crippen molar-refractivity contribution < 1.29 is 17.6 Å². The number of fused-ring (bicyclic) bond motifs is 1. The molecule has 0 atom stereocenters. The minimum absolute atomic E-state index is 0.195. The van der Waals surface area contributed by atoms with E-state index in [4.69, 9.17) is 11.6 Å². The molecule has 1 aliphatic heterocycles. The summed E-state index contributed by atoms with van der Waals surface area (Å²) >= 11 is 6.08. The normalized spacial score (nSPS) is 13.1. The van der Waals surface area contributed by atoms with Crippen LogP contribution in [0.3, 0.4) is 0 Å². The minimum atomic E-state index is -3.73. The predicted molar refractivity (Wildman–Crippen MR) is 142 cm³/mol. The van der Waals surface area contributed by atoms with Gasteiger partial charge in [-0.25, -0.2) is 17.6 Å². The Hall–Kier alpha value is -3.14. The summed E-state index contributed by atoms with van der Waals surface area (Å²) in [6, 6.07) is 17.5. The van der Waals surface area contributed by atoms with E-state index in [0.717, 1.165) is 11.3 Å². The Morgan fingerprint density at radius 1 is 1.08 bits per heavy atom. The van der Waals surface area contributed by atoms with Crippen LogP contribution in [0.25, 0.3) is 0 Å².